The van der Waals surface area contributed by atoms with Crippen molar-refractivity contribution in [3.05, 3.63) is 36.1 Å². The first-order chi connectivity index (χ1) is 9.83. The Morgan fingerprint density at radius 1 is 1.25 bits per heavy atom. The highest BCUT2D eigenvalue weighted by atomic mass is 16.3. The molecule has 2 aromatic rings. The minimum absolute atomic E-state index is 0.279. The Kier molecular flexibility index (Phi) is 4.38. The first kappa shape index (κ1) is 13.7. The molecule has 2 heterocycles. The number of furan rings is 1. The molecular weight excluding hydrogens is 248 g/mol. The Labute approximate surface area is 120 Å². The summed E-state index contributed by atoms with van der Waals surface area (Å²) in [7, 11) is 0. The average Bonchev–Trinajstić information content (AvgIpc) is 3.12. The fourth-order valence-corrected chi connectivity index (χ4v) is 2.94. The van der Waals surface area contributed by atoms with Gasteiger partial charge in [0.05, 0.1) is 6.04 Å². The zero-order chi connectivity index (χ0) is 13.8. The summed E-state index contributed by atoms with van der Waals surface area (Å²) in [6, 6.07) is 10.6. The Morgan fingerprint density at radius 2 is 2.05 bits per heavy atom. The lowest BCUT2D eigenvalue weighted by molar-refractivity contribution is 0.326. The van der Waals surface area contributed by atoms with Gasteiger partial charge in [-0.1, -0.05) is 18.2 Å². The summed E-state index contributed by atoms with van der Waals surface area (Å²) < 4.78 is 5.89. The van der Waals surface area contributed by atoms with Gasteiger partial charge < -0.3 is 14.6 Å². The van der Waals surface area contributed by atoms with E-state index in [1.54, 1.807) is 0 Å². The predicted octanol–water partition coefficient (Wildman–Crippen LogP) is 3.57. The number of likely N-dealkylation sites (tertiary alicyclic amines) is 1. The van der Waals surface area contributed by atoms with Crippen LogP contribution < -0.4 is 5.32 Å². The van der Waals surface area contributed by atoms with Gasteiger partial charge in [0, 0.05) is 5.39 Å². The third-order valence-corrected chi connectivity index (χ3v) is 4.17. The SMILES string of the molecule is CC(NCCCN1CCCC1)c1cc2ccccc2o1. The second kappa shape index (κ2) is 6.42. The average molecular weight is 272 g/mol. The monoisotopic (exact) mass is 272 g/mol. The van der Waals surface area contributed by atoms with Gasteiger partial charge in [-0.05, 0) is 64.5 Å². The summed E-state index contributed by atoms with van der Waals surface area (Å²) in [5, 5.41) is 4.75. The quantitative estimate of drug-likeness (QED) is 0.815. The van der Waals surface area contributed by atoms with Crippen molar-refractivity contribution in [3.63, 3.8) is 0 Å². The van der Waals surface area contributed by atoms with Gasteiger partial charge in [0.1, 0.15) is 11.3 Å². The van der Waals surface area contributed by atoms with Crippen molar-refractivity contribution in [3.8, 4) is 0 Å². The standard InChI is InChI=1S/C17H24N2O/c1-14(18-9-6-12-19-10-4-5-11-19)17-13-15-7-2-3-8-16(15)20-17/h2-3,7-8,13-14,18H,4-6,9-12H2,1H3. The number of benzene rings is 1. The molecule has 20 heavy (non-hydrogen) atoms. The molecule has 3 heteroatoms. The molecule has 0 aliphatic carbocycles. The van der Waals surface area contributed by atoms with E-state index in [4.69, 9.17) is 4.42 Å². The first-order valence-electron chi connectivity index (χ1n) is 7.77. The van der Waals surface area contributed by atoms with Crippen molar-refractivity contribution in [2.45, 2.75) is 32.2 Å². The molecule has 0 saturated carbocycles. The van der Waals surface area contributed by atoms with E-state index in [1.807, 2.05) is 12.1 Å². The molecule has 1 saturated heterocycles. The summed E-state index contributed by atoms with van der Waals surface area (Å²) in [5.74, 6) is 1.03. The van der Waals surface area contributed by atoms with Crippen LogP contribution in [0.25, 0.3) is 11.0 Å². The number of nitrogens with zero attached hydrogens (tertiary/aromatic N) is 1. The molecule has 3 rings (SSSR count). The van der Waals surface area contributed by atoms with Gasteiger partial charge in [-0.3, -0.25) is 0 Å². The molecule has 1 aromatic carbocycles. The zero-order valence-corrected chi connectivity index (χ0v) is 12.3. The Balaban J connectivity index is 1.47. The van der Waals surface area contributed by atoms with Crippen LogP contribution in [-0.2, 0) is 0 Å². The van der Waals surface area contributed by atoms with Gasteiger partial charge in [-0.2, -0.15) is 0 Å². The Hall–Kier alpha value is -1.32. The van der Waals surface area contributed by atoms with Crippen LogP contribution in [0.2, 0.25) is 0 Å². The molecule has 1 aliphatic rings. The second-order valence-electron chi connectivity index (χ2n) is 5.76. The lowest BCUT2D eigenvalue weighted by Crippen LogP contribution is -2.26. The van der Waals surface area contributed by atoms with Gasteiger partial charge >= 0.3 is 0 Å². The van der Waals surface area contributed by atoms with Crippen molar-refractivity contribution < 1.29 is 4.42 Å². The lowest BCUT2D eigenvalue weighted by Gasteiger charge is -2.16. The number of hydrogen-bond acceptors (Lipinski definition) is 3. The molecule has 1 fully saturated rings. The lowest BCUT2D eigenvalue weighted by atomic mass is 10.2. The van der Waals surface area contributed by atoms with E-state index in [2.05, 4.69) is 35.3 Å². The molecular formula is C17H24N2O. The molecule has 1 N–H and O–H groups in total. The molecule has 108 valence electrons. The maximum Gasteiger partial charge on any atom is 0.134 e. The van der Waals surface area contributed by atoms with Gasteiger partial charge in [-0.25, -0.2) is 0 Å². The van der Waals surface area contributed by atoms with E-state index in [-0.39, 0.29) is 6.04 Å². The number of rotatable bonds is 6. The van der Waals surface area contributed by atoms with E-state index >= 15 is 0 Å². The second-order valence-corrected chi connectivity index (χ2v) is 5.76. The van der Waals surface area contributed by atoms with Crippen LogP contribution in [0.3, 0.4) is 0 Å². The van der Waals surface area contributed by atoms with Crippen molar-refractivity contribution in [2.24, 2.45) is 0 Å². The maximum absolute atomic E-state index is 5.89. The third kappa shape index (κ3) is 3.22. The van der Waals surface area contributed by atoms with Crippen LogP contribution in [0.1, 0.15) is 38.0 Å². The molecule has 0 spiro atoms. The molecule has 1 aromatic heterocycles. The van der Waals surface area contributed by atoms with Crippen LogP contribution >= 0.6 is 0 Å². The van der Waals surface area contributed by atoms with Crippen LogP contribution in [0.5, 0.6) is 0 Å². The molecule has 1 aliphatic heterocycles. The van der Waals surface area contributed by atoms with Gasteiger partial charge in [0.25, 0.3) is 0 Å². The van der Waals surface area contributed by atoms with Crippen LogP contribution in [0.4, 0.5) is 0 Å². The number of hydrogen-bond donors (Lipinski definition) is 1. The van der Waals surface area contributed by atoms with Crippen molar-refractivity contribution in [1.29, 1.82) is 0 Å². The molecule has 0 bridgehead atoms. The van der Waals surface area contributed by atoms with Crippen LogP contribution in [0, 0.1) is 0 Å². The topological polar surface area (TPSA) is 28.4 Å². The minimum Gasteiger partial charge on any atom is -0.459 e. The first-order valence-corrected chi connectivity index (χ1v) is 7.77. The number of para-hydroxylation sites is 1. The largest absolute Gasteiger partial charge is 0.459 e. The molecule has 1 unspecified atom stereocenters. The smallest absolute Gasteiger partial charge is 0.134 e. The van der Waals surface area contributed by atoms with E-state index < -0.39 is 0 Å². The summed E-state index contributed by atoms with van der Waals surface area (Å²) in [4.78, 5) is 2.56. The molecule has 3 nitrogen and oxygen atoms in total. The van der Waals surface area contributed by atoms with Gasteiger partial charge in [-0.15, -0.1) is 0 Å². The van der Waals surface area contributed by atoms with Crippen LogP contribution in [-0.4, -0.2) is 31.1 Å². The van der Waals surface area contributed by atoms with Gasteiger partial charge in [0.2, 0.25) is 0 Å². The van der Waals surface area contributed by atoms with Crippen molar-refractivity contribution in [2.75, 3.05) is 26.2 Å². The van der Waals surface area contributed by atoms with E-state index in [0.29, 0.717) is 0 Å². The number of fused-ring (bicyclic) bond motifs is 1. The fraction of sp³-hybridized carbons (Fsp3) is 0.529. The van der Waals surface area contributed by atoms with Crippen molar-refractivity contribution >= 4 is 11.0 Å². The highest BCUT2D eigenvalue weighted by Crippen LogP contribution is 2.23. The number of nitrogens with one attached hydrogen (secondary N) is 1. The maximum atomic E-state index is 5.89. The molecule has 0 amide bonds. The van der Waals surface area contributed by atoms with Crippen LogP contribution in [0.15, 0.2) is 34.7 Å². The van der Waals surface area contributed by atoms with E-state index in [9.17, 15) is 0 Å². The summed E-state index contributed by atoms with van der Waals surface area (Å²) >= 11 is 0. The third-order valence-electron chi connectivity index (χ3n) is 4.17. The molecule has 1 atom stereocenters. The predicted molar refractivity (Wildman–Crippen MR) is 82.9 cm³/mol. The molecule has 0 radical (unpaired) electrons. The Morgan fingerprint density at radius 3 is 2.85 bits per heavy atom. The Bertz CT molecular complexity index is 510. The zero-order valence-electron chi connectivity index (χ0n) is 12.3. The van der Waals surface area contributed by atoms with E-state index in [0.717, 1.165) is 17.9 Å². The summed E-state index contributed by atoms with van der Waals surface area (Å²) in [6.07, 6.45) is 3.97. The highest BCUT2D eigenvalue weighted by molar-refractivity contribution is 5.77. The van der Waals surface area contributed by atoms with E-state index in [1.165, 1.54) is 44.3 Å². The van der Waals surface area contributed by atoms with Gasteiger partial charge in [0.15, 0.2) is 0 Å². The summed E-state index contributed by atoms with van der Waals surface area (Å²) in [5.41, 5.74) is 0.980. The summed E-state index contributed by atoms with van der Waals surface area (Å²) in [6.45, 7) is 7.03. The normalized spacial score (nSPS) is 17.9. The van der Waals surface area contributed by atoms with Crippen molar-refractivity contribution in [1.82, 2.24) is 10.2 Å². The fourth-order valence-electron chi connectivity index (χ4n) is 2.94. The minimum atomic E-state index is 0.279. The highest BCUT2D eigenvalue weighted by Gasteiger charge is 2.12.